The molecule has 0 radical (unpaired) electrons. The van der Waals surface area contributed by atoms with Gasteiger partial charge in [-0.3, -0.25) is 4.79 Å². The lowest BCUT2D eigenvalue weighted by Crippen LogP contribution is -2.25. The van der Waals surface area contributed by atoms with Gasteiger partial charge in [0.25, 0.3) is 0 Å². The van der Waals surface area contributed by atoms with Crippen LogP contribution in [0, 0.1) is 0 Å². The normalized spacial score (nSPS) is 23.5. The third kappa shape index (κ3) is 2.92. The first-order chi connectivity index (χ1) is 16.1. The van der Waals surface area contributed by atoms with E-state index in [-0.39, 0.29) is 5.78 Å². The molecule has 1 nitrogen and oxygen atoms in total. The molecule has 6 rings (SSSR count). The molecule has 0 bridgehead atoms. The number of Topliss-reactive ketones (excluding diaryl/α,β-unsaturated/α-hetero) is 1. The van der Waals surface area contributed by atoms with Crippen molar-refractivity contribution in [3.63, 3.8) is 0 Å². The topological polar surface area (TPSA) is 17.1 Å². The number of carbonyl (C=O) groups excluding carboxylic acids is 1. The van der Waals surface area contributed by atoms with Gasteiger partial charge in [0, 0.05) is 19.9 Å². The molecule has 0 saturated heterocycles. The van der Waals surface area contributed by atoms with Gasteiger partial charge in [0.05, 0.1) is 5.41 Å². The van der Waals surface area contributed by atoms with E-state index < -0.39 is 10.8 Å². The Kier molecular flexibility index (Phi) is 4.83. The molecule has 0 heterocycles. The zero-order valence-corrected chi connectivity index (χ0v) is 20.9. The third-order valence-electron chi connectivity index (χ3n) is 7.22. The minimum atomic E-state index is -0.588. The van der Waals surface area contributed by atoms with Crippen molar-refractivity contribution >= 4 is 48.8 Å². The number of hydrogen-bond donors (Lipinski definition) is 0. The third-order valence-corrected chi connectivity index (χ3v) is 8.28. The monoisotopic (exact) mass is 554 g/mol. The van der Waals surface area contributed by atoms with E-state index in [1.165, 1.54) is 5.56 Å². The van der Waals surface area contributed by atoms with Crippen LogP contribution in [0.1, 0.15) is 28.7 Å². The molecular formula is C30H20Br2O. The number of ketones is 1. The molecule has 4 aromatic rings. The summed E-state index contributed by atoms with van der Waals surface area (Å²) in [7, 11) is 0. The van der Waals surface area contributed by atoms with Crippen LogP contribution < -0.4 is 0 Å². The Morgan fingerprint density at radius 2 is 1.06 bits per heavy atom. The van der Waals surface area contributed by atoms with Crippen LogP contribution >= 0.6 is 31.9 Å². The van der Waals surface area contributed by atoms with Gasteiger partial charge in [-0.25, -0.2) is 0 Å². The molecule has 0 aromatic heterocycles. The maximum Gasteiger partial charge on any atom is 0.175 e. The highest BCUT2D eigenvalue weighted by molar-refractivity contribution is 9.10. The number of hydrogen-bond acceptors (Lipinski definition) is 1. The molecule has 0 aliphatic heterocycles. The van der Waals surface area contributed by atoms with E-state index in [0.717, 1.165) is 43.2 Å². The summed E-state index contributed by atoms with van der Waals surface area (Å²) in [6.45, 7) is 0. The van der Waals surface area contributed by atoms with E-state index >= 15 is 0 Å². The van der Waals surface area contributed by atoms with Gasteiger partial charge in [-0.05, 0) is 58.5 Å². The smallest absolute Gasteiger partial charge is 0.175 e. The molecule has 0 amide bonds. The number of allylic oxidation sites excluding steroid dienone is 2. The van der Waals surface area contributed by atoms with Crippen LogP contribution in [0.5, 0.6) is 0 Å². The SMILES string of the molecule is O=C1C(c2ccccc2)=C(c2ccc(Br)cc2)[C@@]2(c3ccc(Br)cc3)C[C@]12c1ccccc1. The molecule has 0 spiro atoms. The molecule has 4 aromatic carbocycles. The Morgan fingerprint density at radius 3 is 1.67 bits per heavy atom. The minimum absolute atomic E-state index is 0.223. The fraction of sp³-hybridized carbons (Fsp3) is 0.100. The number of rotatable bonds is 4. The second kappa shape index (κ2) is 7.65. The molecule has 2 atom stereocenters. The Balaban J connectivity index is 1.70. The second-order valence-corrected chi connectivity index (χ2v) is 10.6. The summed E-state index contributed by atoms with van der Waals surface area (Å²) in [6, 6.07) is 37.4. The van der Waals surface area contributed by atoms with Gasteiger partial charge in [0.15, 0.2) is 5.78 Å². The summed E-state index contributed by atoms with van der Waals surface area (Å²) in [5, 5.41) is 0. The first-order valence-corrected chi connectivity index (χ1v) is 12.6. The maximum atomic E-state index is 14.5. The predicted molar refractivity (Wildman–Crippen MR) is 141 cm³/mol. The summed E-state index contributed by atoms with van der Waals surface area (Å²) in [4.78, 5) is 14.5. The summed E-state index contributed by atoms with van der Waals surface area (Å²) in [6.07, 6.45) is 0.784. The van der Waals surface area contributed by atoms with Gasteiger partial charge in [0.2, 0.25) is 0 Å². The molecule has 2 aliphatic rings. The van der Waals surface area contributed by atoms with Gasteiger partial charge >= 0.3 is 0 Å². The number of carbonyl (C=O) groups is 1. The Bertz CT molecular complexity index is 1390. The maximum absolute atomic E-state index is 14.5. The Hall–Kier alpha value is -2.75. The van der Waals surface area contributed by atoms with E-state index in [1.54, 1.807) is 0 Å². The molecule has 3 heteroatoms. The summed E-state index contributed by atoms with van der Waals surface area (Å²) >= 11 is 7.16. The van der Waals surface area contributed by atoms with E-state index in [4.69, 9.17) is 0 Å². The molecule has 1 saturated carbocycles. The summed E-state index contributed by atoms with van der Waals surface area (Å²) in [5.74, 6) is 0.223. The van der Waals surface area contributed by atoms with E-state index in [2.05, 4.69) is 105 Å². The standard InChI is InChI=1S/C30H20Br2O/c31-24-15-11-21(12-16-24)27-26(20-7-3-1-4-8-20)28(33)30(22-9-5-2-6-10-22)19-29(27,30)23-13-17-25(32)18-14-23/h1-18H,19H2/t29-,30-/m0/s1. The van der Waals surface area contributed by atoms with Crippen molar-refractivity contribution < 1.29 is 4.79 Å². The van der Waals surface area contributed by atoms with E-state index in [0.29, 0.717) is 0 Å². The molecule has 160 valence electrons. The molecule has 0 N–H and O–H groups in total. The first-order valence-electron chi connectivity index (χ1n) is 11.0. The van der Waals surface area contributed by atoms with Crippen LogP contribution in [-0.2, 0) is 15.6 Å². The zero-order chi connectivity index (χ0) is 22.6. The summed E-state index contributed by atoms with van der Waals surface area (Å²) < 4.78 is 2.07. The van der Waals surface area contributed by atoms with Crippen molar-refractivity contribution in [3.8, 4) is 0 Å². The average Bonchev–Trinajstić information content (AvgIpc) is 3.51. The number of fused-ring (bicyclic) bond motifs is 1. The highest BCUT2D eigenvalue weighted by Crippen LogP contribution is 2.77. The molecule has 1 fully saturated rings. The average molecular weight is 556 g/mol. The number of benzene rings is 4. The molecule has 33 heavy (non-hydrogen) atoms. The van der Waals surface area contributed by atoms with Crippen molar-refractivity contribution in [2.45, 2.75) is 17.3 Å². The zero-order valence-electron chi connectivity index (χ0n) is 17.8. The fourth-order valence-electron chi connectivity index (χ4n) is 5.79. The van der Waals surface area contributed by atoms with Gasteiger partial charge < -0.3 is 0 Å². The van der Waals surface area contributed by atoms with Crippen LogP contribution in [0.4, 0.5) is 0 Å². The number of halogens is 2. The van der Waals surface area contributed by atoms with Crippen LogP contribution in [0.25, 0.3) is 11.1 Å². The van der Waals surface area contributed by atoms with Gasteiger partial charge in [-0.15, -0.1) is 0 Å². The highest BCUT2D eigenvalue weighted by Gasteiger charge is 2.79. The minimum Gasteiger partial charge on any atom is -0.293 e. The van der Waals surface area contributed by atoms with Gasteiger partial charge in [-0.2, -0.15) is 0 Å². The van der Waals surface area contributed by atoms with Crippen molar-refractivity contribution in [3.05, 3.63) is 140 Å². The van der Waals surface area contributed by atoms with E-state index in [9.17, 15) is 4.79 Å². The molecular weight excluding hydrogens is 536 g/mol. The molecule has 2 aliphatic carbocycles. The van der Waals surface area contributed by atoms with Crippen LogP contribution in [-0.4, -0.2) is 5.78 Å². The largest absolute Gasteiger partial charge is 0.293 e. The fourth-order valence-corrected chi connectivity index (χ4v) is 6.32. The van der Waals surface area contributed by atoms with Gasteiger partial charge in [-0.1, -0.05) is 117 Å². The lowest BCUT2D eigenvalue weighted by molar-refractivity contribution is -0.115. The summed E-state index contributed by atoms with van der Waals surface area (Å²) in [5.41, 5.74) is 5.36. The van der Waals surface area contributed by atoms with E-state index in [1.807, 2.05) is 36.4 Å². The van der Waals surface area contributed by atoms with Crippen molar-refractivity contribution in [1.82, 2.24) is 0 Å². The lowest BCUT2D eigenvalue weighted by atomic mass is 9.78. The van der Waals surface area contributed by atoms with Crippen LogP contribution in [0.3, 0.4) is 0 Å². The lowest BCUT2D eigenvalue weighted by Gasteiger charge is -2.23. The van der Waals surface area contributed by atoms with Crippen LogP contribution in [0.15, 0.2) is 118 Å². The van der Waals surface area contributed by atoms with Crippen molar-refractivity contribution in [2.24, 2.45) is 0 Å². The Morgan fingerprint density at radius 1 is 0.545 bits per heavy atom. The molecule has 0 unspecified atom stereocenters. The van der Waals surface area contributed by atoms with Gasteiger partial charge in [0.1, 0.15) is 0 Å². The quantitative estimate of drug-likeness (QED) is 0.249. The van der Waals surface area contributed by atoms with Crippen molar-refractivity contribution in [2.75, 3.05) is 0 Å². The Labute approximate surface area is 210 Å². The predicted octanol–water partition coefficient (Wildman–Crippen LogP) is 7.98. The highest BCUT2D eigenvalue weighted by atomic mass is 79.9. The second-order valence-electron chi connectivity index (χ2n) is 8.81. The van der Waals surface area contributed by atoms with Crippen molar-refractivity contribution in [1.29, 1.82) is 0 Å². The first kappa shape index (κ1) is 20.8. The van der Waals surface area contributed by atoms with Crippen LogP contribution in [0.2, 0.25) is 0 Å².